The molecular formula is C17H15N3O3S. The Morgan fingerprint density at radius 2 is 2.08 bits per heavy atom. The predicted molar refractivity (Wildman–Crippen MR) is 94.9 cm³/mol. The van der Waals surface area contributed by atoms with Gasteiger partial charge < -0.3 is 5.32 Å². The third-order valence-electron chi connectivity index (χ3n) is 3.59. The van der Waals surface area contributed by atoms with Gasteiger partial charge >= 0.3 is 0 Å². The summed E-state index contributed by atoms with van der Waals surface area (Å²) < 4.78 is 1.13. The van der Waals surface area contributed by atoms with Gasteiger partial charge in [-0.15, -0.1) is 11.3 Å². The first-order valence-corrected chi connectivity index (χ1v) is 8.24. The molecule has 0 saturated heterocycles. The number of nitro benzene ring substituents is 1. The second-order valence-electron chi connectivity index (χ2n) is 5.30. The summed E-state index contributed by atoms with van der Waals surface area (Å²) in [5.74, 6) is -0.195. The van der Waals surface area contributed by atoms with Crippen LogP contribution in [0.1, 0.15) is 22.3 Å². The molecule has 0 radical (unpaired) electrons. The SMILES string of the molecule is CC(=O)c1ccc(NCCc2nc3ccccc3s2)c([N+](=O)[O-])c1. The van der Waals surface area contributed by atoms with E-state index in [0.717, 1.165) is 15.2 Å². The molecule has 0 fully saturated rings. The molecule has 0 atom stereocenters. The van der Waals surface area contributed by atoms with Crippen molar-refractivity contribution in [2.75, 3.05) is 11.9 Å². The van der Waals surface area contributed by atoms with Gasteiger partial charge in [-0.3, -0.25) is 14.9 Å². The summed E-state index contributed by atoms with van der Waals surface area (Å²) in [6.07, 6.45) is 0.672. The number of anilines is 1. The summed E-state index contributed by atoms with van der Waals surface area (Å²) in [7, 11) is 0. The van der Waals surface area contributed by atoms with Crippen LogP contribution in [0.4, 0.5) is 11.4 Å². The van der Waals surface area contributed by atoms with Crippen molar-refractivity contribution >= 4 is 38.7 Å². The number of para-hydroxylation sites is 1. The predicted octanol–water partition coefficient (Wildman–Crippen LogP) is 4.06. The third kappa shape index (κ3) is 3.41. The molecule has 0 unspecified atom stereocenters. The Hall–Kier alpha value is -2.80. The second-order valence-corrected chi connectivity index (χ2v) is 6.41. The van der Waals surface area contributed by atoms with E-state index in [1.807, 2.05) is 24.3 Å². The number of Topliss-reactive ketones (excluding diaryl/α,β-unsaturated/α-hetero) is 1. The maximum Gasteiger partial charge on any atom is 0.293 e. The Morgan fingerprint density at radius 1 is 1.29 bits per heavy atom. The number of hydrogen-bond donors (Lipinski definition) is 1. The van der Waals surface area contributed by atoms with E-state index >= 15 is 0 Å². The first-order chi connectivity index (χ1) is 11.5. The molecule has 1 heterocycles. The van der Waals surface area contributed by atoms with Crippen LogP contribution >= 0.6 is 11.3 Å². The van der Waals surface area contributed by atoms with Crippen molar-refractivity contribution in [1.29, 1.82) is 0 Å². The fourth-order valence-electron chi connectivity index (χ4n) is 2.38. The Kier molecular flexibility index (Phi) is 4.52. The van der Waals surface area contributed by atoms with Crippen LogP contribution in [0.25, 0.3) is 10.2 Å². The van der Waals surface area contributed by atoms with Gasteiger partial charge in [0.1, 0.15) is 5.69 Å². The van der Waals surface area contributed by atoms with Gasteiger partial charge in [0.05, 0.1) is 20.1 Å². The molecule has 24 heavy (non-hydrogen) atoms. The minimum atomic E-state index is -0.480. The summed E-state index contributed by atoms with van der Waals surface area (Å²) in [5.41, 5.74) is 1.62. The third-order valence-corrected chi connectivity index (χ3v) is 4.69. The van der Waals surface area contributed by atoms with Gasteiger partial charge in [0.2, 0.25) is 0 Å². The quantitative estimate of drug-likeness (QED) is 0.415. The molecule has 0 aliphatic heterocycles. The molecular weight excluding hydrogens is 326 g/mol. The number of fused-ring (bicyclic) bond motifs is 1. The number of nitrogens with zero attached hydrogens (tertiary/aromatic N) is 2. The lowest BCUT2D eigenvalue weighted by atomic mass is 10.1. The highest BCUT2D eigenvalue weighted by Gasteiger charge is 2.16. The van der Waals surface area contributed by atoms with E-state index in [0.29, 0.717) is 24.2 Å². The Labute approximate surface area is 142 Å². The van der Waals surface area contributed by atoms with Gasteiger partial charge in [-0.25, -0.2) is 4.98 Å². The number of carbonyl (C=O) groups is 1. The first-order valence-electron chi connectivity index (χ1n) is 7.42. The molecule has 2 aromatic carbocycles. The van der Waals surface area contributed by atoms with Gasteiger partial charge in [-0.05, 0) is 31.2 Å². The fraction of sp³-hybridized carbons (Fsp3) is 0.176. The van der Waals surface area contributed by atoms with Crippen LogP contribution in [0.3, 0.4) is 0 Å². The fourth-order valence-corrected chi connectivity index (χ4v) is 3.35. The molecule has 0 aliphatic rings. The van der Waals surface area contributed by atoms with E-state index in [9.17, 15) is 14.9 Å². The summed E-state index contributed by atoms with van der Waals surface area (Å²) >= 11 is 1.62. The number of nitro groups is 1. The zero-order valence-electron chi connectivity index (χ0n) is 13.0. The largest absolute Gasteiger partial charge is 0.379 e. The molecule has 0 saturated carbocycles. The molecule has 0 amide bonds. The molecule has 0 aliphatic carbocycles. The molecule has 6 nitrogen and oxygen atoms in total. The van der Waals surface area contributed by atoms with Crippen molar-refractivity contribution in [3.63, 3.8) is 0 Å². The molecule has 3 rings (SSSR count). The van der Waals surface area contributed by atoms with Crippen LogP contribution in [0.15, 0.2) is 42.5 Å². The van der Waals surface area contributed by atoms with Gasteiger partial charge in [0.15, 0.2) is 5.78 Å². The Balaban J connectivity index is 1.72. The molecule has 3 aromatic rings. The zero-order chi connectivity index (χ0) is 17.1. The van der Waals surface area contributed by atoms with Gasteiger partial charge in [0, 0.05) is 24.6 Å². The van der Waals surface area contributed by atoms with Crippen LogP contribution in [-0.4, -0.2) is 22.2 Å². The Bertz CT molecular complexity index is 887. The van der Waals surface area contributed by atoms with E-state index in [-0.39, 0.29) is 11.5 Å². The Morgan fingerprint density at radius 3 is 2.79 bits per heavy atom. The van der Waals surface area contributed by atoms with Crippen molar-refractivity contribution < 1.29 is 9.72 Å². The van der Waals surface area contributed by atoms with Crippen molar-refractivity contribution in [1.82, 2.24) is 4.98 Å². The van der Waals surface area contributed by atoms with Gasteiger partial charge in [0.25, 0.3) is 5.69 Å². The van der Waals surface area contributed by atoms with E-state index in [2.05, 4.69) is 10.3 Å². The number of ketones is 1. The molecule has 0 bridgehead atoms. The van der Waals surface area contributed by atoms with E-state index in [1.54, 1.807) is 23.5 Å². The minimum absolute atomic E-state index is 0.0907. The average molecular weight is 341 g/mol. The van der Waals surface area contributed by atoms with Crippen molar-refractivity contribution in [2.45, 2.75) is 13.3 Å². The highest BCUT2D eigenvalue weighted by Crippen LogP contribution is 2.26. The summed E-state index contributed by atoms with van der Waals surface area (Å²) in [4.78, 5) is 26.6. The summed E-state index contributed by atoms with van der Waals surface area (Å²) in [5, 5.41) is 15.2. The van der Waals surface area contributed by atoms with Crippen LogP contribution in [0.2, 0.25) is 0 Å². The highest BCUT2D eigenvalue weighted by molar-refractivity contribution is 7.18. The van der Waals surface area contributed by atoms with E-state index < -0.39 is 4.92 Å². The molecule has 1 aromatic heterocycles. The van der Waals surface area contributed by atoms with Crippen LogP contribution in [-0.2, 0) is 6.42 Å². The standard InChI is InChI=1S/C17H15N3O3S/c1-11(21)12-6-7-13(15(10-12)20(22)23)18-9-8-17-19-14-4-2-3-5-16(14)24-17/h2-7,10,18H,8-9H2,1H3. The average Bonchev–Trinajstić information content (AvgIpc) is 2.97. The van der Waals surface area contributed by atoms with Crippen molar-refractivity contribution in [3.05, 3.63) is 63.1 Å². The molecule has 7 heteroatoms. The highest BCUT2D eigenvalue weighted by atomic mass is 32.1. The number of rotatable bonds is 6. The molecule has 122 valence electrons. The lowest BCUT2D eigenvalue weighted by Crippen LogP contribution is -2.07. The summed E-state index contributed by atoms with van der Waals surface area (Å²) in [6, 6.07) is 12.4. The number of nitrogens with one attached hydrogen (secondary N) is 1. The number of thiazole rings is 1. The number of aromatic nitrogens is 1. The van der Waals surface area contributed by atoms with Gasteiger partial charge in [-0.1, -0.05) is 12.1 Å². The first kappa shape index (κ1) is 16.1. The number of hydrogen-bond acceptors (Lipinski definition) is 6. The number of benzene rings is 2. The lowest BCUT2D eigenvalue weighted by molar-refractivity contribution is -0.384. The maximum atomic E-state index is 11.4. The topological polar surface area (TPSA) is 85.1 Å². The number of carbonyl (C=O) groups excluding carboxylic acids is 1. The second kappa shape index (κ2) is 6.76. The lowest BCUT2D eigenvalue weighted by Gasteiger charge is -2.07. The molecule has 1 N–H and O–H groups in total. The van der Waals surface area contributed by atoms with Gasteiger partial charge in [-0.2, -0.15) is 0 Å². The van der Waals surface area contributed by atoms with E-state index in [4.69, 9.17) is 0 Å². The normalized spacial score (nSPS) is 10.7. The molecule has 0 spiro atoms. The summed E-state index contributed by atoms with van der Waals surface area (Å²) in [6.45, 7) is 1.92. The van der Waals surface area contributed by atoms with Crippen LogP contribution in [0.5, 0.6) is 0 Å². The monoisotopic (exact) mass is 341 g/mol. The van der Waals surface area contributed by atoms with Crippen LogP contribution in [0, 0.1) is 10.1 Å². The smallest absolute Gasteiger partial charge is 0.293 e. The van der Waals surface area contributed by atoms with Crippen LogP contribution < -0.4 is 5.32 Å². The van der Waals surface area contributed by atoms with Crippen molar-refractivity contribution in [2.24, 2.45) is 0 Å². The zero-order valence-corrected chi connectivity index (χ0v) is 13.8. The maximum absolute atomic E-state index is 11.4. The van der Waals surface area contributed by atoms with Crippen molar-refractivity contribution in [3.8, 4) is 0 Å². The van der Waals surface area contributed by atoms with E-state index in [1.165, 1.54) is 13.0 Å². The minimum Gasteiger partial charge on any atom is -0.379 e.